The topological polar surface area (TPSA) is 58.6 Å². The predicted molar refractivity (Wildman–Crippen MR) is 123 cm³/mol. The summed E-state index contributed by atoms with van der Waals surface area (Å²) in [5, 5.41) is 2.92. The van der Waals surface area contributed by atoms with Crippen LogP contribution in [0.15, 0.2) is 46.9 Å². The number of hydrogen-bond donors (Lipinski definition) is 1. The first-order chi connectivity index (χ1) is 14.3. The third-order valence-electron chi connectivity index (χ3n) is 4.80. The lowest BCUT2D eigenvalue weighted by molar-refractivity contribution is -0.142. The van der Waals surface area contributed by atoms with E-state index in [1.807, 2.05) is 50.2 Å². The van der Waals surface area contributed by atoms with Crippen molar-refractivity contribution in [2.24, 2.45) is 0 Å². The van der Waals surface area contributed by atoms with E-state index in [1.54, 1.807) is 11.8 Å². The molecule has 0 saturated carbocycles. The number of ether oxygens (including phenoxy) is 1. The summed E-state index contributed by atoms with van der Waals surface area (Å²) >= 11 is 3.46. The molecule has 0 aliphatic heterocycles. The van der Waals surface area contributed by atoms with Gasteiger partial charge in [0, 0.05) is 17.6 Å². The highest BCUT2D eigenvalue weighted by atomic mass is 79.9. The van der Waals surface area contributed by atoms with Gasteiger partial charge >= 0.3 is 0 Å². The molecule has 2 rings (SSSR count). The maximum absolute atomic E-state index is 13.1. The van der Waals surface area contributed by atoms with Crippen LogP contribution in [0.25, 0.3) is 0 Å². The van der Waals surface area contributed by atoms with Gasteiger partial charge in [-0.1, -0.05) is 47.5 Å². The van der Waals surface area contributed by atoms with Gasteiger partial charge in [-0.15, -0.1) is 0 Å². The quantitative estimate of drug-likeness (QED) is 0.504. The Morgan fingerprint density at radius 1 is 1.13 bits per heavy atom. The molecule has 2 aromatic carbocycles. The van der Waals surface area contributed by atoms with E-state index in [-0.39, 0.29) is 18.4 Å². The molecule has 0 fully saturated rings. The number of carbonyl (C=O) groups is 2. The van der Waals surface area contributed by atoms with Gasteiger partial charge in [-0.25, -0.2) is 0 Å². The summed E-state index contributed by atoms with van der Waals surface area (Å²) in [4.78, 5) is 27.3. The highest BCUT2D eigenvalue weighted by Crippen LogP contribution is 2.18. The molecule has 6 heteroatoms. The summed E-state index contributed by atoms with van der Waals surface area (Å²) in [5.41, 5.74) is 3.09. The molecule has 5 nitrogen and oxygen atoms in total. The Labute approximate surface area is 187 Å². The van der Waals surface area contributed by atoms with E-state index in [9.17, 15) is 9.59 Å². The molecule has 0 unspecified atom stereocenters. The predicted octanol–water partition coefficient (Wildman–Crippen LogP) is 4.78. The van der Waals surface area contributed by atoms with Crippen molar-refractivity contribution in [3.63, 3.8) is 0 Å². The zero-order chi connectivity index (χ0) is 22.1. The molecule has 0 radical (unpaired) electrons. The van der Waals surface area contributed by atoms with Crippen LogP contribution in [0.1, 0.15) is 43.4 Å². The second-order valence-electron chi connectivity index (χ2n) is 7.58. The van der Waals surface area contributed by atoms with E-state index in [4.69, 9.17) is 4.74 Å². The van der Waals surface area contributed by atoms with E-state index in [2.05, 4.69) is 34.2 Å². The van der Waals surface area contributed by atoms with E-state index in [0.717, 1.165) is 34.0 Å². The Balaban J connectivity index is 2.13. The SMILES string of the molecule is CCCCNC(=O)[C@@H](C)N(Cc1cccc(Br)c1)C(=O)COc1cc(C)cc(C)c1. The van der Waals surface area contributed by atoms with Gasteiger partial charge in [-0.2, -0.15) is 0 Å². The van der Waals surface area contributed by atoms with Crippen LogP contribution in [0, 0.1) is 13.8 Å². The van der Waals surface area contributed by atoms with Gasteiger partial charge in [-0.05, 0) is 68.1 Å². The minimum atomic E-state index is -0.601. The first-order valence-electron chi connectivity index (χ1n) is 10.3. The standard InChI is InChI=1S/C24H31BrN2O3/c1-5-6-10-26-24(29)19(4)27(15-20-8-7-9-21(25)14-20)23(28)16-30-22-12-17(2)11-18(3)13-22/h7-9,11-14,19H,5-6,10,15-16H2,1-4H3,(H,26,29)/t19-/m1/s1. The average molecular weight is 475 g/mol. The summed E-state index contributed by atoms with van der Waals surface area (Å²) in [5.74, 6) is 0.272. The number of rotatable bonds is 10. The van der Waals surface area contributed by atoms with Crippen molar-refractivity contribution in [2.75, 3.05) is 13.2 Å². The second kappa shape index (κ2) is 11.7. The average Bonchev–Trinajstić information content (AvgIpc) is 2.69. The maximum atomic E-state index is 13.1. The minimum Gasteiger partial charge on any atom is -0.484 e. The van der Waals surface area contributed by atoms with E-state index in [1.165, 1.54) is 0 Å². The lowest BCUT2D eigenvalue weighted by Gasteiger charge is -2.29. The van der Waals surface area contributed by atoms with Crippen molar-refractivity contribution in [2.45, 2.75) is 53.1 Å². The smallest absolute Gasteiger partial charge is 0.261 e. The summed E-state index contributed by atoms with van der Waals surface area (Å²) < 4.78 is 6.70. The Kier molecular flexibility index (Phi) is 9.37. The van der Waals surface area contributed by atoms with Crippen molar-refractivity contribution in [1.82, 2.24) is 10.2 Å². The summed E-state index contributed by atoms with van der Waals surface area (Å²) in [6.07, 6.45) is 1.91. The van der Waals surface area contributed by atoms with Crippen molar-refractivity contribution in [3.8, 4) is 5.75 Å². The molecule has 0 aromatic heterocycles. The number of nitrogens with one attached hydrogen (secondary N) is 1. The van der Waals surface area contributed by atoms with Gasteiger partial charge in [0.25, 0.3) is 5.91 Å². The first-order valence-corrected chi connectivity index (χ1v) is 11.1. The van der Waals surface area contributed by atoms with E-state index >= 15 is 0 Å². The molecule has 2 amide bonds. The van der Waals surface area contributed by atoms with E-state index < -0.39 is 6.04 Å². The number of aryl methyl sites for hydroxylation is 2. The number of benzene rings is 2. The van der Waals surface area contributed by atoms with Crippen LogP contribution < -0.4 is 10.1 Å². The van der Waals surface area contributed by atoms with Crippen molar-refractivity contribution in [1.29, 1.82) is 0 Å². The number of carbonyl (C=O) groups excluding carboxylic acids is 2. The molecule has 1 atom stereocenters. The van der Waals surface area contributed by atoms with Crippen molar-refractivity contribution < 1.29 is 14.3 Å². The Bertz CT molecular complexity index is 849. The highest BCUT2D eigenvalue weighted by molar-refractivity contribution is 9.10. The molecule has 0 bridgehead atoms. The van der Waals surface area contributed by atoms with Crippen LogP contribution in [0.4, 0.5) is 0 Å². The van der Waals surface area contributed by atoms with Crippen LogP contribution in [-0.2, 0) is 16.1 Å². The molecule has 1 N–H and O–H groups in total. The maximum Gasteiger partial charge on any atom is 0.261 e. The fraction of sp³-hybridized carbons (Fsp3) is 0.417. The Hall–Kier alpha value is -2.34. The summed E-state index contributed by atoms with van der Waals surface area (Å²) in [7, 11) is 0. The van der Waals surface area contributed by atoms with Crippen LogP contribution in [0.3, 0.4) is 0 Å². The zero-order valence-corrected chi connectivity index (χ0v) is 19.8. The Morgan fingerprint density at radius 3 is 2.47 bits per heavy atom. The Morgan fingerprint density at radius 2 is 1.83 bits per heavy atom. The molecular formula is C24H31BrN2O3. The molecule has 30 heavy (non-hydrogen) atoms. The number of hydrogen-bond acceptors (Lipinski definition) is 3. The number of unbranched alkanes of at least 4 members (excludes halogenated alkanes) is 1. The fourth-order valence-corrected chi connectivity index (χ4v) is 3.64. The molecule has 0 heterocycles. The van der Waals surface area contributed by atoms with Gasteiger partial charge < -0.3 is 15.0 Å². The van der Waals surface area contributed by atoms with Crippen molar-refractivity contribution >= 4 is 27.7 Å². The molecule has 0 spiro atoms. The van der Waals surface area contributed by atoms with Crippen LogP contribution in [0.5, 0.6) is 5.75 Å². The highest BCUT2D eigenvalue weighted by Gasteiger charge is 2.26. The number of nitrogens with zero attached hydrogens (tertiary/aromatic N) is 1. The van der Waals surface area contributed by atoms with Gasteiger partial charge in [-0.3, -0.25) is 9.59 Å². The monoisotopic (exact) mass is 474 g/mol. The zero-order valence-electron chi connectivity index (χ0n) is 18.2. The van der Waals surface area contributed by atoms with Crippen LogP contribution in [0.2, 0.25) is 0 Å². The lowest BCUT2D eigenvalue weighted by atomic mass is 10.1. The molecule has 0 saturated heterocycles. The molecular weight excluding hydrogens is 444 g/mol. The van der Waals surface area contributed by atoms with Crippen molar-refractivity contribution in [3.05, 3.63) is 63.6 Å². The molecule has 2 aromatic rings. The van der Waals surface area contributed by atoms with E-state index in [0.29, 0.717) is 18.8 Å². The molecule has 0 aliphatic carbocycles. The third-order valence-corrected chi connectivity index (χ3v) is 5.29. The fourth-order valence-electron chi connectivity index (χ4n) is 3.19. The largest absolute Gasteiger partial charge is 0.484 e. The lowest BCUT2D eigenvalue weighted by Crippen LogP contribution is -2.49. The summed E-state index contributed by atoms with van der Waals surface area (Å²) in [6.45, 7) is 8.63. The minimum absolute atomic E-state index is 0.122. The number of amides is 2. The van der Waals surface area contributed by atoms with Crippen LogP contribution >= 0.6 is 15.9 Å². The normalized spacial score (nSPS) is 11.6. The molecule has 162 valence electrons. The second-order valence-corrected chi connectivity index (χ2v) is 8.50. The van der Waals surface area contributed by atoms with Gasteiger partial charge in [0.05, 0.1) is 0 Å². The molecule has 0 aliphatic rings. The number of halogens is 1. The summed E-state index contributed by atoms with van der Waals surface area (Å²) in [6, 6.07) is 13.0. The van der Waals surface area contributed by atoms with Crippen LogP contribution in [-0.4, -0.2) is 35.9 Å². The van der Waals surface area contributed by atoms with Gasteiger partial charge in [0.15, 0.2) is 6.61 Å². The third kappa shape index (κ3) is 7.48. The van der Waals surface area contributed by atoms with Gasteiger partial charge in [0.2, 0.25) is 5.91 Å². The first kappa shape index (κ1) is 23.9. The van der Waals surface area contributed by atoms with Gasteiger partial charge in [0.1, 0.15) is 11.8 Å².